The predicted molar refractivity (Wildman–Crippen MR) is 105 cm³/mol. The van der Waals surface area contributed by atoms with Crippen LogP contribution < -0.4 is 10.2 Å². The number of hydrogen-bond acceptors (Lipinski definition) is 6. The zero-order valence-electron chi connectivity index (χ0n) is 16.0. The van der Waals surface area contributed by atoms with Crippen molar-refractivity contribution in [1.29, 1.82) is 0 Å². The molecule has 2 atom stereocenters. The van der Waals surface area contributed by atoms with Crippen LogP contribution in [0.3, 0.4) is 0 Å². The van der Waals surface area contributed by atoms with Crippen LogP contribution in [0.4, 0.5) is 5.82 Å². The monoisotopic (exact) mass is 377 g/mol. The normalized spacial score (nSPS) is 19.0. The third kappa shape index (κ3) is 3.88. The molecule has 3 heterocycles. The van der Waals surface area contributed by atoms with Gasteiger partial charge in [-0.05, 0) is 29.5 Å². The zero-order valence-corrected chi connectivity index (χ0v) is 16.0. The molecule has 4 rings (SSSR count). The lowest BCUT2D eigenvalue weighted by atomic mass is 9.96. The number of likely N-dealkylation sites (N-methyl/N-ethyl adjacent to an activating group) is 1. The Morgan fingerprint density at radius 3 is 2.86 bits per heavy atom. The van der Waals surface area contributed by atoms with E-state index in [1.165, 1.54) is 5.56 Å². The van der Waals surface area contributed by atoms with Crippen molar-refractivity contribution in [3.63, 3.8) is 0 Å². The largest absolute Gasteiger partial charge is 0.417 e. The molecule has 0 radical (unpaired) electrons. The van der Waals surface area contributed by atoms with E-state index in [9.17, 15) is 4.79 Å². The van der Waals surface area contributed by atoms with E-state index in [4.69, 9.17) is 4.42 Å². The minimum atomic E-state index is -0.337. The summed E-state index contributed by atoms with van der Waals surface area (Å²) < 4.78 is 5.58. The number of anilines is 1. The van der Waals surface area contributed by atoms with Gasteiger partial charge in [0, 0.05) is 25.8 Å². The highest BCUT2D eigenvalue weighted by molar-refractivity contribution is 5.89. The van der Waals surface area contributed by atoms with Crippen molar-refractivity contribution in [1.82, 2.24) is 20.5 Å². The van der Waals surface area contributed by atoms with Crippen LogP contribution in [0.2, 0.25) is 0 Å². The Hall–Kier alpha value is -3.22. The van der Waals surface area contributed by atoms with Gasteiger partial charge in [-0.2, -0.15) is 0 Å². The number of rotatable bonds is 4. The first-order valence-electron chi connectivity index (χ1n) is 9.43. The minimum absolute atomic E-state index is 0.00104. The summed E-state index contributed by atoms with van der Waals surface area (Å²) in [5, 5.41) is 11.0. The molecular formula is C21H23N5O2. The average Bonchev–Trinajstić information content (AvgIpc) is 3.12. The number of carbonyl (C=O) groups is 1. The van der Waals surface area contributed by atoms with E-state index < -0.39 is 0 Å². The second-order valence-corrected chi connectivity index (χ2v) is 7.27. The van der Waals surface area contributed by atoms with Crippen LogP contribution in [0, 0.1) is 0 Å². The summed E-state index contributed by atoms with van der Waals surface area (Å²) in [4.78, 5) is 19.2. The van der Waals surface area contributed by atoms with Crippen molar-refractivity contribution in [3.05, 3.63) is 71.6 Å². The fourth-order valence-corrected chi connectivity index (χ4v) is 3.70. The van der Waals surface area contributed by atoms with Gasteiger partial charge in [0.2, 0.25) is 5.89 Å². The summed E-state index contributed by atoms with van der Waals surface area (Å²) in [6.45, 7) is 2.83. The standard InChI is InChI=1S/C21H23N5O2/c1-14-11-16(13-26(2)19-17(14)9-6-10-22-19)23-20(27)21-25-24-18(28-21)12-15-7-4-3-5-8-15/h3-10,14,16H,11-13H2,1-2H3,(H,23,27)/t14-,16+/m0/s1. The lowest BCUT2D eigenvalue weighted by molar-refractivity contribution is 0.0898. The van der Waals surface area contributed by atoms with E-state index in [0.29, 0.717) is 18.9 Å². The number of fused-ring (bicyclic) bond motifs is 1. The Morgan fingerprint density at radius 1 is 1.21 bits per heavy atom. The number of pyridine rings is 1. The van der Waals surface area contributed by atoms with Crippen molar-refractivity contribution in [3.8, 4) is 0 Å². The van der Waals surface area contributed by atoms with E-state index in [-0.39, 0.29) is 23.8 Å². The minimum Gasteiger partial charge on any atom is -0.417 e. The van der Waals surface area contributed by atoms with Crippen molar-refractivity contribution in [2.24, 2.45) is 0 Å². The van der Waals surface area contributed by atoms with Gasteiger partial charge in [-0.3, -0.25) is 4.79 Å². The molecule has 0 unspecified atom stereocenters. The van der Waals surface area contributed by atoms with Gasteiger partial charge in [0.05, 0.1) is 6.42 Å². The van der Waals surface area contributed by atoms with Gasteiger partial charge in [-0.25, -0.2) is 4.98 Å². The smallest absolute Gasteiger partial charge is 0.309 e. The second-order valence-electron chi connectivity index (χ2n) is 7.27. The van der Waals surface area contributed by atoms with Crippen molar-refractivity contribution < 1.29 is 9.21 Å². The number of amides is 1. The van der Waals surface area contributed by atoms with Crippen LogP contribution in [0.15, 0.2) is 53.1 Å². The SMILES string of the molecule is C[C@H]1C[C@@H](NC(=O)c2nnc(Cc3ccccc3)o2)CN(C)c2ncccc21. The molecule has 1 amide bonds. The lowest BCUT2D eigenvalue weighted by Gasteiger charge is -2.22. The number of hydrogen-bond donors (Lipinski definition) is 1. The number of nitrogens with one attached hydrogen (secondary N) is 1. The summed E-state index contributed by atoms with van der Waals surface area (Å²) in [7, 11) is 1.99. The molecular weight excluding hydrogens is 354 g/mol. The van der Waals surface area contributed by atoms with Crippen molar-refractivity contribution >= 4 is 11.7 Å². The Balaban J connectivity index is 1.43. The first-order valence-corrected chi connectivity index (χ1v) is 9.43. The van der Waals surface area contributed by atoms with E-state index in [2.05, 4.69) is 38.4 Å². The van der Waals surface area contributed by atoms with Gasteiger partial charge in [0.25, 0.3) is 0 Å². The zero-order chi connectivity index (χ0) is 19.5. The molecule has 1 N–H and O–H groups in total. The molecule has 1 aliphatic rings. The molecule has 3 aromatic rings. The van der Waals surface area contributed by atoms with Crippen LogP contribution >= 0.6 is 0 Å². The maximum absolute atomic E-state index is 12.6. The summed E-state index contributed by atoms with van der Waals surface area (Å²) in [5.41, 5.74) is 2.26. The maximum Gasteiger partial charge on any atom is 0.309 e. The molecule has 0 saturated carbocycles. The molecule has 7 heteroatoms. The molecule has 1 aromatic carbocycles. The second kappa shape index (κ2) is 7.80. The summed E-state index contributed by atoms with van der Waals surface area (Å²) in [5.74, 6) is 1.35. The maximum atomic E-state index is 12.6. The fraction of sp³-hybridized carbons (Fsp3) is 0.333. The third-order valence-electron chi connectivity index (χ3n) is 5.04. The molecule has 0 aliphatic carbocycles. The fourth-order valence-electron chi connectivity index (χ4n) is 3.70. The van der Waals surface area contributed by atoms with Crippen molar-refractivity contribution in [2.75, 3.05) is 18.5 Å². The number of nitrogens with zero attached hydrogens (tertiary/aromatic N) is 4. The Kier molecular flexibility index (Phi) is 5.06. The molecule has 0 bridgehead atoms. The molecule has 144 valence electrons. The van der Waals surface area contributed by atoms with Crippen LogP contribution in [0.5, 0.6) is 0 Å². The van der Waals surface area contributed by atoms with Gasteiger partial charge in [-0.1, -0.05) is 43.3 Å². The van der Waals surface area contributed by atoms with E-state index in [0.717, 1.165) is 17.8 Å². The molecule has 28 heavy (non-hydrogen) atoms. The van der Waals surface area contributed by atoms with Crippen LogP contribution in [0.1, 0.15) is 47.0 Å². The highest BCUT2D eigenvalue weighted by Crippen LogP contribution is 2.31. The Labute approximate surface area is 163 Å². The first-order chi connectivity index (χ1) is 13.6. The van der Waals surface area contributed by atoms with Crippen LogP contribution in [-0.4, -0.2) is 40.7 Å². The highest BCUT2D eigenvalue weighted by atomic mass is 16.4. The summed E-state index contributed by atoms with van der Waals surface area (Å²) in [6, 6.07) is 13.8. The summed E-state index contributed by atoms with van der Waals surface area (Å²) >= 11 is 0. The third-order valence-corrected chi connectivity index (χ3v) is 5.04. The van der Waals surface area contributed by atoms with Crippen molar-refractivity contribution in [2.45, 2.75) is 31.7 Å². The van der Waals surface area contributed by atoms with Gasteiger partial charge >= 0.3 is 11.8 Å². The van der Waals surface area contributed by atoms with Gasteiger partial charge in [-0.15, -0.1) is 10.2 Å². The molecule has 0 spiro atoms. The molecule has 7 nitrogen and oxygen atoms in total. The topological polar surface area (TPSA) is 84.2 Å². The molecule has 1 aliphatic heterocycles. The first kappa shape index (κ1) is 18.2. The summed E-state index contributed by atoms with van der Waals surface area (Å²) in [6.07, 6.45) is 3.12. The van der Waals surface area contributed by atoms with E-state index >= 15 is 0 Å². The van der Waals surface area contributed by atoms with Gasteiger partial charge in [0.1, 0.15) is 5.82 Å². The van der Waals surface area contributed by atoms with Gasteiger partial charge < -0.3 is 14.6 Å². The van der Waals surface area contributed by atoms with Crippen LogP contribution in [-0.2, 0) is 6.42 Å². The molecule has 0 fully saturated rings. The Bertz CT molecular complexity index is 925. The number of aromatic nitrogens is 3. The molecule has 0 saturated heterocycles. The Morgan fingerprint density at radius 2 is 2.04 bits per heavy atom. The van der Waals surface area contributed by atoms with Crippen LogP contribution in [0.25, 0.3) is 0 Å². The molecule has 2 aromatic heterocycles. The highest BCUT2D eigenvalue weighted by Gasteiger charge is 2.27. The number of carbonyl (C=O) groups excluding carboxylic acids is 1. The lowest BCUT2D eigenvalue weighted by Crippen LogP contribution is -2.42. The number of benzene rings is 1. The van der Waals surface area contributed by atoms with E-state index in [1.807, 2.05) is 43.4 Å². The predicted octanol–water partition coefficient (Wildman–Crippen LogP) is 2.80. The average molecular weight is 377 g/mol. The van der Waals surface area contributed by atoms with E-state index in [1.54, 1.807) is 6.20 Å². The van der Waals surface area contributed by atoms with Gasteiger partial charge in [0.15, 0.2) is 0 Å². The quantitative estimate of drug-likeness (QED) is 0.753.